The van der Waals surface area contributed by atoms with Crippen molar-refractivity contribution in [3.05, 3.63) is 47.4 Å². The van der Waals surface area contributed by atoms with Crippen LogP contribution in [0.1, 0.15) is 55.0 Å². The Morgan fingerprint density at radius 3 is 2.60 bits per heavy atom. The van der Waals surface area contributed by atoms with Gasteiger partial charge in [-0.05, 0) is 30.0 Å². The quantitative estimate of drug-likeness (QED) is 0.852. The zero-order chi connectivity index (χ0) is 17.6. The molecule has 4 atom stereocenters. The van der Waals surface area contributed by atoms with Crippen molar-refractivity contribution in [1.29, 1.82) is 0 Å². The maximum Gasteiger partial charge on any atom is 0.239 e. The van der Waals surface area contributed by atoms with Crippen molar-refractivity contribution in [1.82, 2.24) is 15.1 Å². The van der Waals surface area contributed by atoms with Crippen LogP contribution in [0.5, 0.6) is 0 Å². The first kappa shape index (κ1) is 16.2. The molecule has 2 aliphatic rings. The second-order valence-corrected chi connectivity index (χ2v) is 6.76. The second kappa shape index (κ2) is 6.22. The summed E-state index contributed by atoms with van der Waals surface area (Å²) >= 11 is 0. The molecule has 2 aromatic rings. The Hall–Kier alpha value is -2.28. The number of benzene rings is 1. The average Bonchev–Trinajstić information content (AvgIpc) is 3.06. The van der Waals surface area contributed by atoms with E-state index < -0.39 is 0 Å². The Morgan fingerprint density at radius 2 is 1.92 bits per heavy atom. The first-order chi connectivity index (χ1) is 12.1. The predicted octanol–water partition coefficient (Wildman–Crippen LogP) is 2.79. The van der Waals surface area contributed by atoms with Crippen LogP contribution in [-0.4, -0.2) is 40.8 Å². The first-order valence-corrected chi connectivity index (χ1v) is 8.45. The normalized spacial score (nSPS) is 28.4. The van der Waals surface area contributed by atoms with Gasteiger partial charge in [-0.1, -0.05) is 12.1 Å². The number of halogens is 1. The van der Waals surface area contributed by atoms with Gasteiger partial charge in [-0.25, -0.2) is 4.39 Å². The Morgan fingerprint density at radius 1 is 1.20 bits per heavy atom. The van der Waals surface area contributed by atoms with Crippen LogP contribution in [0, 0.1) is 5.82 Å². The summed E-state index contributed by atoms with van der Waals surface area (Å²) in [5.74, 6) is 1.24. The average molecular weight is 345 g/mol. The molecule has 0 spiro atoms. The maximum atomic E-state index is 13.0. The van der Waals surface area contributed by atoms with Crippen molar-refractivity contribution in [2.24, 2.45) is 0 Å². The molecule has 2 heterocycles. The minimum absolute atomic E-state index is 0.0165. The summed E-state index contributed by atoms with van der Waals surface area (Å²) in [6, 6.07) is 6.31. The summed E-state index contributed by atoms with van der Waals surface area (Å²) < 4.78 is 24.3. The fraction of sp³-hybridized carbons (Fsp3) is 0.500. The summed E-state index contributed by atoms with van der Waals surface area (Å²) in [5, 5.41) is 8.37. The van der Waals surface area contributed by atoms with Gasteiger partial charge in [0.15, 0.2) is 0 Å². The standard InChI is InChI=1S/C18H20FN3O3/c1-10(23)22-9-13(24-2)7-16(22)18-21-20-17(25-18)15-8-14(15)11-3-5-12(19)6-4-11/h3-6,13-16H,7-9H2,1-2H3/t13-,14+,15+,16+/m0/s1. The van der Waals surface area contributed by atoms with Crippen molar-refractivity contribution in [2.45, 2.75) is 43.7 Å². The maximum absolute atomic E-state index is 13.0. The summed E-state index contributed by atoms with van der Waals surface area (Å²) in [7, 11) is 1.64. The second-order valence-electron chi connectivity index (χ2n) is 6.76. The third-order valence-corrected chi connectivity index (χ3v) is 5.15. The number of likely N-dealkylation sites (tertiary alicyclic amines) is 1. The highest BCUT2D eigenvalue weighted by Crippen LogP contribution is 2.54. The van der Waals surface area contributed by atoms with Crippen molar-refractivity contribution < 1.29 is 18.3 Å². The van der Waals surface area contributed by atoms with E-state index in [0.717, 1.165) is 12.0 Å². The lowest BCUT2D eigenvalue weighted by atomic mass is 10.1. The molecule has 1 aliphatic heterocycles. The van der Waals surface area contributed by atoms with E-state index in [0.29, 0.717) is 24.7 Å². The Bertz CT molecular complexity index is 776. The van der Waals surface area contributed by atoms with Gasteiger partial charge in [-0.3, -0.25) is 4.79 Å². The largest absolute Gasteiger partial charge is 0.423 e. The third kappa shape index (κ3) is 3.04. The number of methoxy groups -OCH3 is 1. The number of amides is 1. The molecule has 1 saturated heterocycles. The van der Waals surface area contributed by atoms with E-state index in [9.17, 15) is 9.18 Å². The van der Waals surface area contributed by atoms with Crippen LogP contribution < -0.4 is 0 Å². The molecule has 0 N–H and O–H groups in total. The van der Waals surface area contributed by atoms with Crippen molar-refractivity contribution in [3.63, 3.8) is 0 Å². The summed E-state index contributed by atoms with van der Waals surface area (Å²) in [5.41, 5.74) is 1.08. The molecule has 7 heteroatoms. The zero-order valence-corrected chi connectivity index (χ0v) is 14.2. The molecule has 0 unspecified atom stereocenters. The molecule has 1 aromatic carbocycles. The van der Waals surface area contributed by atoms with E-state index in [1.165, 1.54) is 19.1 Å². The van der Waals surface area contributed by atoms with Crippen LogP contribution in [-0.2, 0) is 9.53 Å². The lowest BCUT2D eigenvalue weighted by Gasteiger charge is -2.19. The lowest BCUT2D eigenvalue weighted by Crippen LogP contribution is -2.29. The van der Waals surface area contributed by atoms with Crippen molar-refractivity contribution in [3.8, 4) is 0 Å². The van der Waals surface area contributed by atoms with Gasteiger partial charge in [0.05, 0.1) is 6.10 Å². The van der Waals surface area contributed by atoms with Gasteiger partial charge in [0.2, 0.25) is 17.7 Å². The van der Waals surface area contributed by atoms with E-state index in [1.807, 2.05) is 0 Å². The number of nitrogens with zero attached hydrogens (tertiary/aromatic N) is 3. The van der Waals surface area contributed by atoms with Crippen molar-refractivity contribution in [2.75, 3.05) is 13.7 Å². The summed E-state index contributed by atoms with van der Waals surface area (Å²) in [4.78, 5) is 13.6. The van der Waals surface area contributed by atoms with E-state index >= 15 is 0 Å². The van der Waals surface area contributed by atoms with Gasteiger partial charge in [0.1, 0.15) is 11.9 Å². The van der Waals surface area contributed by atoms with E-state index in [2.05, 4.69) is 10.2 Å². The molecular formula is C18H20FN3O3. The molecule has 0 bridgehead atoms. The van der Waals surface area contributed by atoms with E-state index in [-0.39, 0.29) is 35.7 Å². The van der Waals surface area contributed by atoms with Gasteiger partial charge >= 0.3 is 0 Å². The van der Waals surface area contributed by atoms with Crippen LogP contribution in [0.25, 0.3) is 0 Å². The molecule has 1 aromatic heterocycles. The SMILES string of the molecule is CO[C@H]1C[C@H](c2nnc([C@@H]3C[C@@H]3c3ccc(F)cc3)o2)N(C(C)=O)C1. The van der Waals surface area contributed by atoms with Crippen LogP contribution in [0.15, 0.2) is 28.7 Å². The number of carbonyl (C=O) groups is 1. The molecular weight excluding hydrogens is 325 g/mol. The van der Waals surface area contributed by atoms with Gasteiger partial charge in [-0.15, -0.1) is 10.2 Å². The Kier molecular flexibility index (Phi) is 4.03. The highest BCUT2D eigenvalue weighted by atomic mass is 19.1. The monoisotopic (exact) mass is 345 g/mol. The van der Waals surface area contributed by atoms with Crippen LogP contribution in [0.3, 0.4) is 0 Å². The van der Waals surface area contributed by atoms with Crippen LogP contribution in [0.4, 0.5) is 4.39 Å². The number of ether oxygens (including phenoxy) is 1. The number of hydrogen-bond acceptors (Lipinski definition) is 5. The lowest BCUT2D eigenvalue weighted by molar-refractivity contribution is -0.130. The zero-order valence-electron chi connectivity index (χ0n) is 14.2. The molecule has 1 saturated carbocycles. The molecule has 132 valence electrons. The molecule has 0 radical (unpaired) electrons. The number of carbonyl (C=O) groups excluding carboxylic acids is 1. The molecule has 25 heavy (non-hydrogen) atoms. The van der Waals surface area contributed by atoms with E-state index in [1.54, 1.807) is 24.1 Å². The van der Waals surface area contributed by atoms with Gasteiger partial charge in [-0.2, -0.15) is 0 Å². The molecule has 1 amide bonds. The minimum Gasteiger partial charge on any atom is -0.423 e. The van der Waals surface area contributed by atoms with Crippen molar-refractivity contribution >= 4 is 5.91 Å². The highest BCUT2D eigenvalue weighted by Gasteiger charge is 2.45. The predicted molar refractivity (Wildman–Crippen MR) is 86.3 cm³/mol. The molecule has 2 fully saturated rings. The fourth-order valence-electron chi connectivity index (χ4n) is 3.63. The van der Waals surface area contributed by atoms with E-state index in [4.69, 9.17) is 9.15 Å². The molecule has 1 aliphatic carbocycles. The number of rotatable bonds is 4. The van der Waals surface area contributed by atoms with Crippen LogP contribution >= 0.6 is 0 Å². The van der Waals surface area contributed by atoms with Crippen LogP contribution in [0.2, 0.25) is 0 Å². The third-order valence-electron chi connectivity index (χ3n) is 5.15. The van der Waals surface area contributed by atoms with Gasteiger partial charge in [0.25, 0.3) is 0 Å². The smallest absolute Gasteiger partial charge is 0.239 e. The Balaban J connectivity index is 1.49. The summed E-state index contributed by atoms with van der Waals surface area (Å²) in [6.07, 6.45) is 1.55. The molecule has 6 nitrogen and oxygen atoms in total. The Labute approximate surface area is 145 Å². The first-order valence-electron chi connectivity index (χ1n) is 8.45. The summed E-state index contributed by atoms with van der Waals surface area (Å²) in [6.45, 7) is 2.07. The topological polar surface area (TPSA) is 68.5 Å². The fourth-order valence-corrected chi connectivity index (χ4v) is 3.63. The minimum atomic E-state index is -0.237. The highest BCUT2D eigenvalue weighted by molar-refractivity contribution is 5.74. The number of aromatic nitrogens is 2. The number of hydrogen-bond donors (Lipinski definition) is 0. The van der Waals surface area contributed by atoms with Gasteiger partial charge in [0, 0.05) is 32.9 Å². The van der Waals surface area contributed by atoms with Gasteiger partial charge < -0.3 is 14.1 Å². The molecule has 4 rings (SSSR count).